The van der Waals surface area contributed by atoms with Gasteiger partial charge in [-0.15, -0.1) is 0 Å². The van der Waals surface area contributed by atoms with Gasteiger partial charge in [0.2, 0.25) is 0 Å². The van der Waals surface area contributed by atoms with Crippen molar-refractivity contribution in [2.24, 2.45) is 7.05 Å². The first-order valence-electron chi connectivity index (χ1n) is 6.96. The Hall–Kier alpha value is -1.39. The standard InChI is InChI=1S/C15H23N3O/c1-4-5-8-16-11(2)15(19)12-6-7-14-13(9-12)17-10-18(14)3/h6-7,9-11,15-16,19H,4-5,8H2,1-3H3. The smallest absolute Gasteiger partial charge is 0.0955 e. The van der Waals surface area contributed by atoms with Crippen LogP contribution in [0.1, 0.15) is 38.4 Å². The Morgan fingerprint density at radius 3 is 2.95 bits per heavy atom. The van der Waals surface area contributed by atoms with E-state index < -0.39 is 6.10 Å². The molecule has 19 heavy (non-hydrogen) atoms. The molecular weight excluding hydrogens is 238 g/mol. The lowest BCUT2D eigenvalue weighted by molar-refractivity contribution is 0.136. The number of nitrogens with zero attached hydrogens (tertiary/aromatic N) is 2. The summed E-state index contributed by atoms with van der Waals surface area (Å²) in [6.07, 6.45) is 3.60. The second kappa shape index (κ2) is 6.17. The van der Waals surface area contributed by atoms with Gasteiger partial charge in [0, 0.05) is 13.1 Å². The third-order valence-corrected chi connectivity index (χ3v) is 3.56. The number of rotatable bonds is 6. The zero-order valence-corrected chi connectivity index (χ0v) is 11.9. The molecule has 1 heterocycles. The predicted molar refractivity (Wildman–Crippen MR) is 78.0 cm³/mol. The number of unbranched alkanes of at least 4 members (excludes halogenated alkanes) is 1. The molecule has 0 radical (unpaired) electrons. The second-order valence-electron chi connectivity index (χ2n) is 5.14. The van der Waals surface area contributed by atoms with Crippen molar-refractivity contribution in [1.82, 2.24) is 14.9 Å². The van der Waals surface area contributed by atoms with Crippen molar-refractivity contribution in [2.75, 3.05) is 6.54 Å². The quantitative estimate of drug-likeness (QED) is 0.785. The van der Waals surface area contributed by atoms with E-state index >= 15 is 0 Å². The summed E-state index contributed by atoms with van der Waals surface area (Å²) in [5, 5.41) is 13.7. The van der Waals surface area contributed by atoms with Gasteiger partial charge in [0.15, 0.2) is 0 Å². The van der Waals surface area contributed by atoms with E-state index in [1.54, 1.807) is 6.33 Å². The van der Waals surface area contributed by atoms with Gasteiger partial charge in [-0.05, 0) is 37.6 Å². The molecule has 1 aromatic carbocycles. The molecule has 0 amide bonds. The van der Waals surface area contributed by atoms with Crippen molar-refractivity contribution >= 4 is 11.0 Å². The van der Waals surface area contributed by atoms with Crippen LogP contribution in [0, 0.1) is 0 Å². The summed E-state index contributed by atoms with van der Waals surface area (Å²) in [5.74, 6) is 0. The molecule has 0 saturated heterocycles. The Labute approximate surface area is 114 Å². The maximum atomic E-state index is 10.4. The average Bonchev–Trinajstić information content (AvgIpc) is 2.79. The molecular formula is C15H23N3O. The topological polar surface area (TPSA) is 50.1 Å². The highest BCUT2D eigenvalue weighted by Gasteiger charge is 2.16. The van der Waals surface area contributed by atoms with E-state index in [-0.39, 0.29) is 6.04 Å². The van der Waals surface area contributed by atoms with Gasteiger partial charge >= 0.3 is 0 Å². The largest absolute Gasteiger partial charge is 0.387 e. The van der Waals surface area contributed by atoms with Gasteiger partial charge in [-0.25, -0.2) is 4.98 Å². The maximum Gasteiger partial charge on any atom is 0.0955 e. The first kappa shape index (κ1) is 14.0. The molecule has 2 N–H and O–H groups in total. The highest BCUT2D eigenvalue weighted by molar-refractivity contribution is 5.76. The normalized spacial score (nSPS) is 14.7. The molecule has 2 aromatic rings. The van der Waals surface area contributed by atoms with Crippen LogP contribution in [0.3, 0.4) is 0 Å². The number of aromatic nitrogens is 2. The van der Waals surface area contributed by atoms with Crippen molar-refractivity contribution < 1.29 is 5.11 Å². The summed E-state index contributed by atoms with van der Waals surface area (Å²) >= 11 is 0. The monoisotopic (exact) mass is 261 g/mol. The molecule has 2 atom stereocenters. The van der Waals surface area contributed by atoms with Crippen LogP contribution < -0.4 is 5.32 Å². The minimum atomic E-state index is -0.497. The first-order chi connectivity index (χ1) is 9.13. The number of fused-ring (bicyclic) bond motifs is 1. The van der Waals surface area contributed by atoms with Crippen LogP contribution in [0.4, 0.5) is 0 Å². The van der Waals surface area contributed by atoms with Crippen LogP contribution in [-0.4, -0.2) is 27.2 Å². The van der Waals surface area contributed by atoms with Crippen LogP contribution in [0.25, 0.3) is 11.0 Å². The maximum absolute atomic E-state index is 10.4. The molecule has 0 aliphatic rings. The van der Waals surface area contributed by atoms with Gasteiger partial charge in [-0.1, -0.05) is 19.4 Å². The van der Waals surface area contributed by atoms with Gasteiger partial charge in [0.05, 0.1) is 23.5 Å². The number of aliphatic hydroxyl groups is 1. The molecule has 0 saturated carbocycles. The lowest BCUT2D eigenvalue weighted by Crippen LogP contribution is -2.32. The van der Waals surface area contributed by atoms with E-state index in [0.717, 1.165) is 36.0 Å². The minimum Gasteiger partial charge on any atom is -0.387 e. The summed E-state index contributed by atoms with van der Waals surface area (Å²) in [6.45, 7) is 5.13. The van der Waals surface area contributed by atoms with E-state index in [4.69, 9.17) is 0 Å². The van der Waals surface area contributed by atoms with Gasteiger partial charge < -0.3 is 15.0 Å². The number of aliphatic hydroxyl groups excluding tert-OH is 1. The third kappa shape index (κ3) is 3.14. The Bertz CT molecular complexity index is 535. The van der Waals surface area contributed by atoms with Gasteiger partial charge in [0.1, 0.15) is 0 Å². The molecule has 0 aliphatic heterocycles. The van der Waals surface area contributed by atoms with Crippen LogP contribution >= 0.6 is 0 Å². The molecule has 4 nitrogen and oxygen atoms in total. The number of imidazole rings is 1. The fourth-order valence-corrected chi connectivity index (χ4v) is 2.24. The van der Waals surface area contributed by atoms with Crippen molar-refractivity contribution in [1.29, 1.82) is 0 Å². The van der Waals surface area contributed by atoms with Gasteiger partial charge in [-0.3, -0.25) is 0 Å². The van der Waals surface area contributed by atoms with Crippen LogP contribution in [0.15, 0.2) is 24.5 Å². The molecule has 0 fully saturated rings. The lowest BCUT2D eigenvalue weighted by Gasteiger charge is -2.20. The average molecular weight is 261 g/mol. The van der Waals surface area contributed by atoms with E-state index in [2.05, 4.69) is 17.2 Å². The summed E-state index contributed by atoms with van der Waals surface area (Å²) in [7, 11) is 1.97. The molecule has 0 bridgehead atoms. The zero-order chi connectivity index (χ0) is 13.8. The lowest BCUT2D eigenvalue weighted by atomic mass is 10.0. The summed E-state index contributed by atoms with van der Waals surface area (Å²) in [4.78, 5) is 4.33. The van der Waals surface area contributed by atoms with E-state index in [1.165, 1.54) is 0 Å². The minimum absolute atomic E-state index is 0.0488. The van der Waals surface area contributed by atoms with Gasteiger partial charge in [-0.2, -0.15) is 0 Å². The number of hydrogen-bond donors (Lipinski definition) is 2. The Kier molecular flexibility index (Phi) is 4.56. The second-order valence-corrected chi connectivity index (χ2v) is 5.14. The molecule has 2 rings (SSSR count). The Morgan fingerprint density at radius 2 is 2.21 bits per heavy atom. The number of benzene rings is 1. The van der Waals surface area contributed by atoms with Crippen molar-refractivity contribution in [3.8, 4) is 0 Å². The molecule has 0 aliphatic carbocycles. The Balaban J connectivity index is 2.09. The van der Waals surface area contributed by atoms with E-state index in [9.17, 15) is 5.11 Å². The molecule has 2 unspecified atom stereocenters. The third-order valence-electron chi connectivity index (χ3n) is 3.56. The summed E-state index contributed by atoms with van der Waals surface area (Å²) in [6, 6.07) is 6.01. The molecule has 4 heteroatoms. The van der Waals surface area contributed by atoms with Crippen molar-refractivity contribution in [2.45, 2.75) is 38.8 Å². The molecule has 104 valence electrons. The fourth-order valence-electron chi connectivity index (χ4n) is 2.24. The fraction of sp³-hybridized carbons (Fsp3) is 0.533. The van der Waals surface area contributed by atoms with Crippen LogP contribution in [0.5, 0.6) is 0 Å². The number of aryl methyl sites for hydroxylation is 1. The highest BCUT2D eigenvalue weighted by Crippen LogP contribution is 2.21. The first-order valence-corrected chi connectivity index (χ1v) is 6.96. The summed E-state index contributed by atoms with van der Waals surface area (Å²) < 4.78 is 1.98. The van der Waals surface area contributed by atoms with Crippen LogP contribution in [-0.2, 0) is 7.05 Å². The summed E-state index contributed by atoms with van der Waals surface area (Å²) in [5.41, 5.74) is 2.94. The van der Waals surface area contributed by atoms with Crippen LogP contribution in [0.2, 0.25) is 0 Å². The number of hydrogen-bond acceptors (Lipinski definition) is 3. The van der Waals surface area contributed by atoms with Gasteiger partial charge in [0.25, 0.3) is 0 Å². The highest BCUT2D eigenvalue weighted by atomic mass is 16.3. The van der Waals surface area contributed by atoms with E-state index in [1.807, 2.05) is 36.7 Å². The SMILES string of the molecule is CCCCNC(C)C(O)c1ccc2c(c1)ncn2C. The Morgan fingerprint density at radius 1 is 1.42 bits per heavy atom. The van der Waals surface area contributed by atoms with E-state index in [0.29, 0.717) is 0 Å². The predicted octanol–water partition coefficient (Wildman–Crippen LogP) is 2.38. The molecule has 0 spiro atoms. The zero-order valence-electron chi connectivity index (χ0n) is 11.9. The molecule has 1 aromatic heterocycles. The van der Waals surface area contributed by atoms with Crippen molar-refractivity contribution in [3.63, 3.8) is 0 Å². The number of nitrogens with one attached hydrogen (secondary N) is 1. The van der Waals surface area contributed by atoms with Crippen molar-refractivity contribution in [3.05, 3.63) is 30.1 Å².